The number of hydrogen-bond acceptors (Lipinski definition) is 7. The first kappa shape index (κ1) is 40.5. The van der Waals surface area contributed by atoms with Crippen molar-refractivity contribution in [3.05, 3.63) is 130 Å². The standard InChI is InChI=1S/C45H48F3N5O6/c1-28-39(26-51-21-18-35(19-22-51)53-37-12-3-2-11-36(37)50-44(53)57)58-42(59-40(28)31-16-14-29(27-54)15-17-31)34-10-5-9-33(24-34)32-8-4-7-30(23-32)25-49-41(55)38-13-6-20-52(38)43(56)45(46,47)48/h2-5,7-12,14-17,23-24,28,35,38-40,42,54H,6,13,18-22,25-27H2,1H3,(H,49,55)(H,50,57)/t28-,38+,39+,40+,42+/m1/s1. The zero-order chi connectivity index (χ0) is 41.3. The highest BCUT2D eigenvalue weighted by Gasteiger charge is 2.47. The number of nitrogens with one attached hydrogen (secondary N) is 2. The zero-order valence-electron chi connectivity index (χ0n) is 32.7. The summed E-state index contributed by atoms with van der Waals surface area (Å²) in [5, 5.41) is 12.4. The van der Waals surface area contributed by atoms with Gasteiger partial charge in [0.1, 0.15) is 6.04 Å². The lowest BCUT2D eigenvalue weighted by Crippen LogP contribution is -2.50. The van der Waals surface area contributed by atoms with Gasteiger partial charge in [0.2, 0.25) is 5.91 Å². The van der Waals surface area contributed by atoms with E-state index in [0.29, 0.717) is 17.9 Å². The molecule has 310 valence electrons. The van der Waals surface area contributed by atoms with Crippen LogP contribution in [-0.4, -0.2) is 80.8 Å². The van der Waals surface area contributed by atoms with Crippen LogP contribution >= 0.6 is 0 Å². The van der Waals surface area contributed by atoms with E-state index in [0.717, 1.165) is 70.3 Å². The van der Waals surface area contributed by atoms with E-state index in [-0.39, 0.29) is 56.0 Å². The summed E-state index contributed by atoms with van der Waals surface area (Å²) in [5.74, 6) is -2.62. The molecule has 5 atom stereocenters. The highest BCUT2D eigenvalue weighted by atomic mass is 19.4. The van der Waals surface area contributed by atoms with E-state index in [1.165, 1.54) is 0 Å². The first-order valence-electron chi connectivity index (χ1n) is 20.2. The maximum atomic E-state index is 13.1. The van der Waals surface area contributed by atoms with Crippen molar-refractivity contribution >= 4 is 22.8 Å². The molecule has 3 aliphatic heterocycles. The summed E-state index contributed by atoms with van der Waals surface area (Å²) in [6, 6.07) is 30.0. The van der Waals surface area contributed by atoms with Gasteiger partial charge in [-0.1, -0.05) is 79.7 Å². The maximum Gasteiger partial charge on any atom is 0.471 e. The predicted molar refractivity (Wildman–Crippen MR) is 215 cm³/mol. The van der Waals surface area contributed by atoms with Crippen LogP contribution in [0.4, 0.5) is 13.2 Å². The Balaban J connectivity index is 0.974. The number of imidazole rings is 1. The molecular formula is C45H48F3N5O6. The van der Waals surface area contributed by atoms with Gasteiger partial charge in [0.05, 0.1) is 29.8 Å². The Labute approximate surface area is 339 Å². The van der Waals surface area contributed by atoms with Gasteiger partial charge in [-0.2, -0.15) is 13.2 Å². The van der Waals surface area contributed by atoms with Gasteiger partial charge < -0.3 is 34.7 Å². The number of aliphatic hydroxyl groups excluding tert-OH is 1. The lowest BCUT2D eigenvalue weighted by Gasteiger charge is -2.44. The van der Waals surface area contributed by atoms with Crippen LogP contribution in [0.2, 0.25) is 0 Å². The summed E-state index contributed by atoms with van der Waals surface area (Å²) >= 11 is 0. The topological polar surface area (TPSA) is 129 Å². The lowest BCUT2D eigenvalue weighted by atomic mass is 9.89. The third kappa shape index (κ3) is 8.72. The number of alkyl halides is 3. The SMILES string of the molecule is C[C@@H]1[C@H](CN2CCC(n3c(=O)[nH]c4ccccc43)CC2)O[C@H](c2cccc(-c3cccc(CNC(=O)[C@@H]4CCCN4C(=O)C(F)(F)F)c3)c2)O[C@@H]1c1ccc(CO)cc1. The number of benzene rings is 4. The molecule has 8 rings (SSSR count). The van der Waals surface area contributed by atoms with Crippen LogP contribution in [0.1, 0.15) is 73.3 Å². The van der Waals surface area contributed by atoms with Crippen molar-refractivity contribution in [3.63, 3.8) is 0 Å². The molecule has 1 aromatic heterocycles. The van der Waals surface area contributed by atoms with Crippen LogP contribution in [-0.2, 0) is 32.2 Å². The fourth-order valence-electron chi connectivity index (χ4n) is 8.86. The van der Waals surface area contributed by atoms with Crippen molar-refractivity contribution in [1.29, 1.82) is 0 Å². The van der Waals surface area contributed by atoms with E-state index >= 15 is 0 Å². The van der Waals surface area contributed by atoms with Crippen LogP contribution in [0.25, 0.3) is 22.2 Å². The fraction of sp³-hybridized carbons (Fsp3) is 0.400. The van der Waals surface area contributed by atoms with Crippen molar-refractivity contribution in [2.45, 2.75) is 82.5 Å². The smallest absolute Gasteiger partial charge is 0.392 e. The summed E-state index contributed by atoms with van der Waals surface area (Å²) in [4.78, 5) is 43.8. The van der Waals surface area contributed by atoms with Crippen molar-refractivity contribution in [2.24, 2.45) is 5.92 Å². The monoisotopic (exact) mass is 811 g/mol. The van der Waals surface area contributed by atoms with Gasteiger partial charge in [-0.3, -0.25) is 14.2 Å². The minimum Gasteiger partial charge on any atom is -0.392 e. The zero-order valence-corrected chi connectivity index (χ0v) is 32.7. The summed E-state index contributed by atoms with van der Waals surface area (Å²) < 4.78 is 54.9. The minimum atomic E-state index is -5.04. The van der Waals surface area contributed by atoms with E-state index in [4.69, 9.17) is 9.47 Å². The highest BCUT2D eigenvalue weighted by Crippen LogP contribution is 2.43. The second-order valence-corrected chi connectivity index (χ2v) is 15.9. The number of nitrogens with zero attached hydrogens (tertiary/aromatic N) is 3. The summed E-state index contributed by atoms with van der Waals surface area (Å²) in [6.07, 6.45) is -4.07. The molecule has 59 heavy (non-hydrogen) atoms. The van der Waals surface area contributed by atoms with Gasteiger partial charge in [0.15, 0.2) is 6.29 Å². The maximum absolute atomic E-state index is 13.1. The average molecular weight is 812 g/mol. The number of fused-ring (bicyclic) bond motifs is 1. The summed E-state index contributed by atoms with van der Waals surface area (Å²) in [5.41, 5.74) is 6.80. The number of halogens is 3. The van der Waals surface area contributed by atoms with E-state index in [2.05, 4.69) is 22.1 Å². The van der Waals surface area contributed by atoms with Crippen molar-refractivity contribution < 1.29 is 37.3 Å². The Hall–Kier alpha value is -5.28. The Kier molecular flexibility index (Phi) is 11.8. The molecule has 3 aliphatic rings. The number of ether oxygens (including phenoxy) is 2. The van der Waals surface area contributed by atoms with Crippen molar-refractivity contribution in [3.8, 4) is 11.1 Å². The molecule has 5 aromatic rings. The average Bonchev–Trinajstić information content (AvgIpc) is 3.88. The quantitative estimate of drug-likeness (QED) is 0.142. The predicted octanol–water partition coefficient (Wildman–Crippen LogP) is 6.79. The van der Waals surface area contributed by atoms with Crippen molar-refractivity contribution in [1.82, 2.24) is 24.7 Å². The number of H-pyrrole nitrogens is 1. The van der Waals surface area contributed by atoms with E-state index in [1.54, 1.807) is 0 Å². The molecule has 14 heteroatoms. The first-order chi connectivity index (χ1) is 28.5. The Morgan fingerprint density at radius 2 is 1.58 bits per heavy atom. The molecule has 0 spiro atoms. The van der Waals surface area contributed by atoms with Crippen molar-refractivity contribution in [2.75, 3.05) is 26.2 Å². The lowest BCUT2D eigenvalue weighted by molar-refractivity contribution is -0.276. The van der Waals surface area contributed by atoms with Crippen LogP contribution in [0.15, 0.2) is 102 Å². The van der Waals surface area contributed by atoms with Gasteiger partial charge in [0, 0.05) is 50.2 Å². The number of aromatic nitrogens is 2. The molecular weight excluding hydrogens is 764 g/mol. The largest absolute Gasteiger partial charge is 0.471 e. The molecule has 0 unspecified atom stereocenters. The molecule has 0 bridgehead atoms. The molecule has 4 aromatic carbocycles. The third-order valence-electron chi connectivity index (χ3n) is 12.1. The highest BCUT2D eigenvalue weighted by molar-refractivity contribution is 5.90. The molecule has 2 amide bonds. The Bertz CT molecular complexity index is 2340. The first-order valence-corrected chi connectivity index (χ1v) is 20.2. The summed E-state index contributed by atoms with van der Waals surface area (Å²) in [6.45, 7) is 4.35. The van der Waals surface area contributed by atoms with Crippen LogP contribution in [0, 0.1) is 5.92 Å². The number of rotatable bonds is 10. The second-order valence-electron chi connectivity index (χ2n) is 15.9. The number of piperidine rings is 1. The van der Waals surface area contributed by atoms with Crippen LogP contribution in [0.5, 0.6) is 0 Å². The number of aromatic amines is 1. The van der Waals surface area contributed by atoms with Gasteiger partial charge in [0.25, 0.3) is 0 Å². The van der Waals surface area contributed by atoms with Gasteiger partial charge >= 0.3 is 17.8 Å². The third-order valence-corrected chi connectivity index (χ3v) is 12.1. The number of aliphatic hydroxyl groups is 1. The molecule has 4 heterocycles. The van der Waals surface area contributed by atoms with Crippen LogP contribution < -0.4 is 11.0 Å². The molecule has 3 saturated heterocycles. The number of amides is 2. The number of para-hydroxylation sites is 2. The van der Waals surface area contributed by atoms with Crippen LogP contribution in [0.3, 0.4) is 0 Å². The second kappa shape index (κ2) is 17.1. The number of carbonyl (C=O) groups is 2. The van der Waals surface area contributed by atoms with Gasteiger partial charge in [-0.15, -0.1) is 0 Å². The molecule has 0 aliphatic carbocycles. The molecule has 0 radical (unpaired) electrons. The summed E-state index contributed by atoms with van der Waals surface area (Å²) in [7, 11) is 0. The normalized spacial score (nSPS) is 23.1. The molecule has 11 nitrogen and oxygen atoms in total. The molecule has 3 fully saturated rings. The minimum absolute atomic E-state index is 0.0156. The number of hydrogen-bond donors (Lipinski definition) is 3. The fourth-order valence-corrected chi connectivity index (χ4v) is 8.86. The number of likely N-dealkylation sites (tertiary alicyclic amines) is 2. The Morgan fingerprint density at radius 3 is 2.32 bits per heavy atom. The Morgan fingerprint density at radius 1 is 0.847 bits per heavy atom. The van der Waals surface area contributed by atoms with E-state index in [1.807, 2.05) is 102 Å². The van der Waals surface area contributed by atoms with Gasteiger partial charge in [-0.25, -0.2) is 4.79 Å². The molecule has 0 saturated carbocycles. The number of carbonyl (C=O) groups excluding carboxylic acids is 2. The van der Waals surface area contributed by atoms with E-state index in [9.17, 15) is 32.7 Å². The van der Waals surface area contributed by atoms with Gasteiger partial charge in [-0.05, 0) is 77.8 Å². The van der Waals surface area contributed by atoms with E-state index < -0.39 is 30.3 Å². The molecule has 3 N–H and O–H groups in total.